The second-order valence-electron chi connectivity index (χ2n) is 8.37. The summed E-state index contributed by atoms with van der Waals surface area (Å²) in [6.07, 6.45) is 0.346. The molecular formula is C27H33BrN4O8. The van der Waals surface area contributed by atoms with Gasteiger partial charge in [-0.2, -0.15) is 5.10 Å². The number of hydrogen-bond donors (Lipinski definition) is 4. The Hall–Kier alpha value is -3.97. The van der Waals surface area contributed by atoms with E-state index >= 15 is 0 Å². The summed E-state index contributed by atoms with van der Waals surface area (Å²) in [5, 5.41) is 19.8. The maximum Gasteiger partial charge on any atom is 0.337 e. The lowest BCUT2D eigenvalue weighted by Crippen LogP contribution is -2.45. The molecule has 13 heteroatoms. The fourth-order valence-corrected chi connectivity index (χ4v) is 4.40. The van der Waals surface area contributed by atoms with E-state index in [2.05, 4.69) is 37.1 Å². The van der Waals surface area contributed by atoms with Crippen molar-refractivity contribution in [2.24, 2.45) is 5.10 Å². The fraction of sp³-hybridized carbons (Fsp3) is 0.370. The van der Waals surface area contributed by atoms with Crippen LogP contribution in [-0.4, -0.2) is 63.6 Å². The zero-order valence-electron chi connectivity index (χ0n) is 22.9. The van der Waals surface area contributed by atoms with E-state index in [1.54, 1.807) is 38.3 Å². The highest BCUT2D eigenvalue weighted by atomic mass is 79.9. The van der Waals surface area contributed by atoms with Gasteiger partial charge in [-0.15, -0.1) is 0 Å². The predicted molar refractivity (Wildman–Crippen MR) is 151 cm³/mol. The van der Waals surface area contributed by atoms with Crippen molar-refractivity contribution in [3.63, 3.8) is 0 Å². The molecule has 216 valence electrons. The molecule has 0 aliphatic carbocycles. The van der Waals surface area contributed by atoms with Crippen molar-refractivity contribution in [3.05, 3.63) is 57.2 Å². The van der Waals surface area contributed by atoms with E-state index in [4.69, 9.17) is 23.7 Å². The Labute approximate surface area is 240 Å². The van der Waals surface area contributed by atoms with Crippen LogP contribution in [0.2, 0.25) is 0 Å². The summed E-state index contributed by atoms with van der Waals surface area (Å²) < 4.78 is 28.3. The summed E-state index contributed by atoms with van der Waals surface area (Å²) in [7, 11) is 2.82. The lowest BCUT2D eigenvalue weighted by atomic mass is 9.95. The number of hydrazone groups is 1. The first-order valence-corrected chi connectivity index (χ1v) is 13.2. The van der Waals surface area contributed by atoms with Crippen LogP contribution < -0.4 is 35.0 Å². The summed E-state index contributed by atoms with van der Waals surface area (Å²) in [5.41, 5.74) is 4.50. The topological polar surface area (TPSA) is 149 Å². The van der Waals surface area contributed by atoms with Gasteiger partial charge in [-0.05, 0) is 50.6 Å². The summed E-state index contributed by atoms with van der Waals surface area (Å²) in [4.78, 5) is 24.5. The minimum atomic E-state index is -1.16. The Bertz CT molecular complexity index is 1280. The number of benzene rings is 2. The maximum absolute atomic E-state index is 12.4. The van der Waals surface area contributed by atoms with Crippen LogP contribution in [0.1, 0.15) is 37.9 Å². The van der Waals surface area contributed by atoms with Crippen LogP contribution >= 0.6 is 15.9 Å². The SMILES string of the molecule is CCOc1cc([C@H]2NC(=O)NC(C)=C2C(=O)OC)ccc1OC[C@@H](O)N/N=C/c1cc(Br)cc(OC)c1OCC. The number of esters is 1. The normalized spacial score (nSPS) is 15.7. The number of ether oxygens (including phenoxy) is 5. The quantitative estimate of drug-likeness (QED) is 0.114. The van der Waals surface area contributed by atoms with Crippen LogP contribution in [0.4, 0.5) is 4.79 Å². The standard InChI is InChI=1S/C27H33BrN4O8/c1-6-38-20-11-16(24-23(26(34)37-5)15(3)30-27(35)31-24)8-9-19(20)40-14-22(33)32-29-13-17-10-18(28)12-21(36-4)25(17)39-7-2/h8-13,22,24,32-33H,6-7,14H2,1-5H3,(H2,30,31,35)/b29-13+/t22-,24-/m1/s1. The largest absolute Gasteiger partial charge is 0.493 e. The summed E-state index contributed by atoms with van der Waals surface area (Å²) in [5.74, 6) is 1.22. The van der Waals surface area contributed by atoms with Gasteiger partial charge in [-0.3, -0.25) is 5.43 Å². The Morgan fingerprint density at radius 2 is 1.88 bits per heavy atom. The third kappa shape index (κ3) is 7.57. The van der Waals surface area contributed by atoms with Gasteiger partial charge in [0.05, 0.1) is 45.3 Å². The van der Waals surface area contributed by atoms with Gasteiger partial charge in [-0.25, -0.2) is 9.59 Å². The van der Waals surface area contributed by atoms with Crippen molar-refractivity contribution in [2.75, 3.05) is 34.0 Å². The van der Waals surface area contributed by atoms with Gasteiger partial charge in [0, 0.05) is 15.7 Å². The van der Waals surface area contributed by atoms with Crippen LogP contribution in [-0.2, 0) is 9.53 Å². The molecule has 1 heterocycles. The Morgan fingerprint density at radius 1 is 1.12 bits per heavy atom. The maximum atomic E-state index is 12.4. The molecule has 0 radical (unpaired) electrons. The molecule has 0 unspecified atom stereocenters. The molecule has 1 aliphatic rings. The number of aliphatic hydroxyl groups excluding tert-OH is 1. The van der Waals surface area contributed by atoms with Gasteiger partial charge in [0.15, 0.2) is 29.2 Å². The molecule has 3 rings (SSSR count). The molecule has 1 aliphatic heterocycles. The number of allylic oxidation sites excluding steroid dienone is 1. The monoisotopic (exact) mass is 620 g/mol. The minimum Gasteiger partial charge on any atom is -0.493 e. The summed E-state index contributed by atoms with van der Waals surface area (Å²) in [6.45, 7) is 5.91. The summed E-state index contributed by atoms with van der Waals surface area (Å²) in [6, 6.07) is 7.39. The van der Waals surface area contributed by atoms with Gasteiger partial charge in [0.1, 0.15) is 6.61 Å². The number of nitrogens with zero attached hydrogens (tertiary/aromatic N) is 1. The fourth-order valence-electron chi connectivity index (χ4n) is 3.95. The van der Waals surface area contributed by atoms with E-state index < -0.39 is 24.3 Å². The molecule has 0 saturated heterocycles. The summed E-state index contributed by atoms with van der Waals surface area (Å²) >= 11 is 3.43. The van der Waals surface area contributed by atoms with Crippen molar-refractivity contribution in [1.82, 2.24) is 16.1 Å². The minimum absolute atomic E-state index is 0.159. The molecule has 0 bridgehead atoms. The van der Waals surface area contributed by atoms with E-state index in [0.29, 0.717) is 53.0 Å². The van der Waals surface area contributed by atoms with Gasteiger partial charge >= 0.3 is 12.0 Å². The Kier molecular flexibility index (Phi) is 11.0. The number of aliphatic hydroxyl groups is 1. The number of carbonyl (C=O) groups excluding carboxylic acids is 2. The van der Waals surface area contributed by atoms with Gasteiger partial charge in [-0.1, -0.05) is 22.0 Å². The molecule has 12 nitrogen and oxygen atoms in total. The van der Waals surface area contributed by atoms with E-state index in [-0.39, 0.29) is 12.2 Å². The molecule has 2 atom stereocenters. The van der Waals surface area contributed by atoms with Crippen LogP contribution in [0.5, 0.6) is 23.0 Å². The van der Waals surface area contributed by atoms with E-state index in [9.17, 15) is 14.7 Å². The van der Waals surface area contributed by atoms with Gasteiger partial charge in [0.2, 0.25) is 0 Å². The van der Waals surface area contributed by atoms with Gasteiger partial charge < -0.3 is 39.4 Å². The average molecular weight is 621 g/mol. The van der Waals surface area contributed by atoms with Crippen molar-refractivity contribution < 1.29 is 38.4 Å². The highest BCUT2D eigenvalue weighted by molar-refractivity contribution is 9.10. The van der Waals surface area contributed by atoms with Crippen molar-refractivity contribution in [2.45, 2.75) is 33.0 Å². The third-order valence-corrected chi connectivity index (χ3v) is 6.11. The number of hydrogen-bond acceptors (Lipinski definition) is 10. The highest BCUT2D eigenvalue weighted by Crippen LogP contribution is 2.35. The number of carbonyl (C=O) groups is 2. The molecule has 2 aromatic rings. The lowest BCUT2D eigenvalue weighted by molar-refractivity contribution is -0.136. The highest BCUT2D eigenvalue weighted by Gasteiger charge is 2.32. The Morgan fingerprint density at radius 3 is 2.55 bits per heavy atom. The molecule has 2 amide bonds. The molecular weight excluding hydrogens is 588 g/mol. The number of halogens is 1. The second-order valence-corrected chi connectivity index (χ2v) is 9.29. The van der Waals surface area contributed by atoms with Crippen molar-refractivity contribution in [3.8, 4) is 23.0 Å². The molecule has 0 spiro atoms. The Balaban J connectivity index is 1.73. The zero-order chi connectivity index (χ0) is 29.2. The number of amides is 2. The van der Waals surface area contributed by atoms with E-state index in [0.717, 1.165) is 4.47 Å². The first kappa shape index (κ1) is 30.6. The van der Waals surface area contributed by atoms with E-state index in [1.807, 2.05) is 19.9 Å². The van der Waals surface area contributed by atoms with Crippen LogP contribution in [0.15, 0.2) is 51.2 Å². The van der Waals surface area contributed by atoms with Crippen LogP contribution in [0.25, 0.3) is 0 Å². The smallest absolute Gasteiger partial charge is 0.337 e. The predicted octanol–water partition coefficient (Wildman–Crippen LogP) is 3.38. The van der Waals surface area contributed by atoms with Crippen LogP contribution in [0.3, 0.4) is 0 Å². The lowest BCUT2D eigenvalue weighted by Gasteiger charge is -2.28. The van der Waals surface area contributed by atoms with Crippen molar-refractivity contribution >= 4 is 34.1 Å². The first-order chi connectivity index (χ1) is 19.2. The zero-order valence-corrected chi connectivity index (χ0v) is 24.5. The number of methoxy groups -OCH3 is 2. The number of urea groups is 1. The van der Waals surface area contributed by atoms with E-state index in [1.165, 1.54) is 13.3 Å². The second kappa shape index (κ2) is 14.4. The molecule has 4 N–H and O–H groups in total. The molecule has 2 aromatic carbocycles. The molecule has 0 fully saturated rings. The molecule has 40 heavy (non-hydrogen) atoms. The number of rotatable bonds is 13. The third-order valence-electron chi connectivity index (χ3n) is 5.66. The van der Waals surface area contributed by atoms with Crippen molar-refractivity contribution in [1.29, 1.82) is 0 Å². The van der Waals surface area contributed by atoms with Gasteiger partial charge in [0.25, 0.3) is 0 Å². The molecule has 0 saturated carbocycles. The first-order valence-electron chi connectivity index (χ1n) is 12.4. The number of nitrogens with one attached hydrogen (secondary N) is 3. The average Bonchev–Trinajstić information content (AvgIpc) is 2.92. The molecule has 0 aromatic heterocycles. The van der Waals surface area contributed by atoms with Crippen LogP contribution in [0, 0.1) is 0 Å².